The van der Waals surface area contributed by atoms with Gasteiger partial charge in [0.2, 0.25) is 0 Å². The van der Waals surface area contributed by atoms with Gasteiger partial charge in [0, 0.05) is 0 Å². The SMILES string of the molecule is N/N=N/N=N/N=N/N. The smallest absolute Gasteiger partial charge is 0.000138 e. The van der Waals surface area contributed by atoms with E-state index in [4.69, 9.17) is 0 Å². The molecule has 0 aromatic rings. The van der Waals surface area contributed by atoms with Crippen molar-refractivity contribution >= 4 is 0 Å². The van der Waals surface area contributed by atoms with E-state index in [1.54, 1.807) is 0 Å². The lowest BCUT2D eigenvalue weighted by Gasteiger charge is -1.65. The highest BCUT2D eigenvalue weighted by molar-refractivity contribution is 4.03. The predicted octanol–water partition coefficient (Wildman–Crippen LogP) is -0.0796. The summed E-state index contributed by atoms with van der Waals surface area (Å²) in [7, 11) is 0. The first-order valence-corrected chi connectivity index (χ1v) is 1.52. The second kappa shape index (κ2) is 5.40. The van der Waals surface area contributed by atoms with Gasteiger partial charge in [0.1, 0.15) is 0 Å². The van der Waals surface area contributed by atoms with Gasteiger partial charge in [0.15, 0.2) is 0 Å². The molecule has 0 aliphatic rings. The number of hydrogen-bond acceptors (Lipinski definition) is 2. The molecule has 0 aromatic heterocycles. The summed E-state index contributed by atoms with van der Waals surface area (Å²) in [6.45, 7) is 0. The maximum Gasteiger partial charge on any atom is -0.000138 e. The topological polar surface area (TPSA) is 126 Å². The van der Waals surface area contributed by atoms with Crippen molar-refractivity contribution in [1.29, 1.82) is 0 Å². The largest absolute Gasteiger partial charge is 0.303 e. The van der Waals surface area contributed by atoms with Crippen molar-refractivity contribution in [3.63, 3.8) is 0 Å². The molecular formula is H4N8. The summed E-state index contributed by atoms with van der Waals surface area (Å²) in [5.41, 5.74) is 0. The second-order valence-electron chi connectivity index (χ2n) is 0.589. The standard InChI is InChI=1S/H4N8/c1-3-5-7-8-6-4-2/h(H2,1,4,5,8)(H2,2,3,6,7). The van der Waals surface area contributed by atoms with Gasteiger partial charge in [-0.15, -0.1) is 0 Å². The first kappa shape index (κ1) is 6.40. The summed E-state index contributed by atoms with van der Waals surface area (Å²) < 4.78 is 0. The van der Waals surface area contributed by atoms with Crippen molar-refractivity contribution in [1.82, 2.24) is 0 Å². The van der Waals surface area contributed by atoms with E-state index in [0.29, 0.717) is 0 Å². The molecule has 0 unspecified atom stereocenters. The van der Waals surface area contributed by atoms with Gasteiger partial charge in [0.05, 0.1) is 0 Å². The van der Waals surface area contributed by atoms with Crippen molar-refractivity contribution in [2.24, 2.45) is 43.0 Å². The van der Waals surface area contributed by atoms with Gasteiger partial charge in [-0.1, -0.05) is 10.4 Å². The zero-order valence-corrected chi connectivity index (χ0v) is 3.84. The summed E-state index contributed by atoms with van der Waals surface area (Å²) in [6, 6.07) is 0. The van der Waals surface area contributed by atoms with Gasteiger partial charge in [-0.05, 0) is 20.9 Å². The third kappa shape index (κ3) is 4.40. The number of hydrogen-bond donors (Lipinski definition) is 2. The highest BCUT2D eigenvalue weighted by atomic mass is 15.6. The Balaban J connectivity index is 3.35. The van der Waals surface area contributed by atoms with E-state index < -0.39 is 0 Å². The Hall–Kier alpha value is -1.60. The van der Waals surface area contributed by atoms with E-state index in [1.807, 2.05) is 0 Å². The Morgan fingerprint density at radius 2 is 1.00 bits per heavy atom. The van der Waals surface area contributed by atoms with Crippen LogP contribution >= 0.6 is 0 Å². The number of nitrogens with two attached hydrogens (primary N) is 2. The molecule has 0 saturated carbocycles. The van der Waals surface area contributed by atoms with E-state index in [1.165, 1.54) is 0 Å². The fraction of sp³-hybridized carbons (Fsp3) is 0. The Bertz CT molecular complexity index is 91.2. The van der Waals surface area contributed by atoms with Gasteiger partial charge in [-0.2, -0.15) is 0 Å². The molecule has 0 fully saturated rings. The molecule has 0 saturated heterocycles. The van der Waals surface area contributed by atoms with E-state index in [0.717, 1.165) is 0 Å². The van der Waals surface area contributed by atoms with Gasteiger partial charge in [0.25, 0.3) is 0 Å². The maximum absolute atomic E-state index is 4.51. The average Bonchev–Trinajstić information content (AvgIpc) is 1.81. The van der Waals surface area contributed by atoms with Crippen LogP contribution in [0.3, 0.4) is 0 Å². The third-order valence-electron chi connectivity index (χ3n) is 0.223. The second-order valence-corrected chi connectivity index (χ2v) is 0.589. The minimum absolute atomic E-state index is 2.73. The molecule has 0 spiro atoms. The molecular weight excluding hydrogens is 112 g/mol. The van der Waals surface area contributed by atoms with Crippen LogP contribution in [0.25, 0.3) is 0 Å². The third-order valence-corrected chi connectivity index (χ3v) is 0.223. The quantitative estimate of drug-likeness (QED) is 0.297. The minimum Gasteiger partial charge on any atom is -0.303 e. The summed E-state index contributed by atoms with van der Waals surface area (Å²) in [5, 5.41) is 17.0. The highest BCUT2D eigenvalue weighted by Gasteiger charge is 1.59. The van der Waals surface area contributed by atoms with Crippen LogP contribution in [0.1, 0.15) is 0 Å². The van der Waals surface area contributed by atoms with E-state index >= 15 is 0 Å². The van der Waals surface area contributed by atoms with Crippen LogP contribution in [0.2, 0.25) is 0 Å². The molecule has 0 aromatic carbocycles. The summed E-state index contributed by atoms with van der Waals surface area (Å²) in [4.78, 5) is 0. The molecule has 0 bridgehead atoms. The molecule has 0 rings (SSSR count). The van der Waals surface area contributed by atoms with Gasteiger partial charge >= 0.3 is 0 Å². The molecule has 8 nitrogen and oxygen atoms in total. The van der Waals surface area contributed by atoms with Crippen LogP contribution in [-0.4, -0.2) is 0 Å². The molecule has 0 heterocycles. The molecule has 44 valence electrons. The highest BCUT2D eigenvalue weighted by Crippen LogP contribution is 1.76. The predicted molar refractivity (Wildman–Crippen MR) is 22.9 cm³/mol. The molecule has 4 N–H and O–H groups in total. The Morgan fingerprint density at radius 1 is 0.625 bits per heavy atom. The molecule has 8 heavy (non-hydrogen) atoms. The average molecular weight is 116 g/mol. The van der Waals surface area contributed by atoms with Crippen LogP contribution in [0.15, 0.2) is 31.3 Å². The fourth-order valence-electron chi connectivity index (χ4n) is 0.0820. The van der Waals surface area contributed by atoms with Gasteiger partial charge in [-0.25, -0.2) is 0 Å². The molecule has 0 atom stereocenters. The Labute approximate surface area is 44.3 Å². The molecule has 0 aliphatic carbocycles. The first-order valence-electron chi connectivity index (χ1n) is 1.52. The summed E-state index contributed by atoms with van der Waals surface area (Å²) >= 11 is 0. The van der Waals surface area contributed by atoms with Crippen molar-refractivity contribution in [2.45, 2.75) is 0 Å². The summed E-state index contributed by atoms with van der Waals surface area (Å²) in [5.74, 6) is 9.02. The van der Waals surface area contributed by atoms with Gasteiger partial charge < -0.3 is 11.7 Å². The van der Waals surface area contributed by atoms with Gasteiger partial charge in [-0.3, -0.25) is 0 Å². The minimum atomic E-state index is 2.73. The lowest BCUT2D eigenvalue weighted by molar-refractivity contribution is 0.805. The van der Waals surface area contributed by atoms with Crippen molar-refractivity contribution in [3.8, 4) is 0 Å². The van der Waals surface area contributed by atoms with Crippen molar-refractivity contribution in [3.05, 3.63) is 0 Å². The molecule has 8 heteroatoms. The zero-order chi connectivity index (χ0) is 6.24. The summed E-state index contributed by atoms with van der Waals surface area (Å²) in [6.07, 6.45) is 0. The zero-order valence-electron chi connectivity index (χ0n) is 3.84. The lowest BCUT2D eigenvalue weighted by Crippen LogP contribution is -1.72. The molecule has 0 amide bonds. The normalized spacial score (nSPS) is 12.5. The monoisotopic (exact) mass is 116 g/mol. The first-order chi connectivity index (χ1) is 3.91. The van der Waals surface area contributed by atoms with Crippen molar-refractivity contribution in [2.75, 3.05) is 0 Å². The number of nitrogens with zero attached hydrogens (tertiary/aromatic N) is 6. The molecule has 0 radical (unpaired) electrons. The molecule has 0 aliphatic heterocycles. The van der Waals surface area contributed by atoms with Crippen molar-refractivity contribution < 1.29 is 0 Å². The van der Waals surface area contributed by atoms with Crippen LogP contribution in [0.4, 0.5) is 0 Å². The van der Waals surface area contributed by atoms with E-state index in [9.17, 15) is 0 Å². The van der Waals surface area contributed by atoms with E-state index in [-0.39, 0.29) is 0 Å². The Kier molecular flexibility index (Phi) is 4.32. The fourth-order valence-corrected chi connectivity index (χ4v) is 0.0820. The van der Waals surface area contributed by atoms with E-state index in [2.05, 4.69) is 43.0 Å². The maximum atomic E-state index is 4.51. The van der Waals surface area contributed by atoms with Crippen LogP contribution in [0.5, 0.6) is 0 Å². The lowest BCUT2D eigenvalue weighted by atomic mass is 12.4. The number of rotatable bonds is 2. The van der Waals surface area contributed by atoms with Crippen LogP contribution in [0, 0.1) is 0 Å². The Morgan fingerprint density at radius 3 is 1.25 bits per heavy atom. The van der Waals surface area contributed by atoms with Crippen LogP contribution in [-0.2, 0) is 0 Å². The van der Waals surface area contributed by atoms with Crippen LogP contribution < -0.4 is 11.7 Å².